The van der Waals surface area contributed by atoms with Gasteiger partial charge in [-0.1, -0.05) is 0 Å². The fourth-order valence-electron chi connectivity index (χ4n) is 1.91. The van der Waals surface area contributed by atoms with E-state index in [-0.39, 0.29) is 5.24 Å². The Bertz CT molecular complexity index is 189. The fraction of sp³-hybridized carbons (Fsp3) is 0.900. The van der Waals surface area contributed by atoms with Gasteiger partial charge in [-0.2, -0.15) is 0 Å². The van der Waals surface area contributed by atoms with Gasteiger partial charge in [0.25, 0.3) is 0 Å². The maximum atomic E-state index is 10.5. The van der Waals surface area contributed by atoms with Crippen molar-refractivity contribution in [3.63, 3.8) is 0 Å². The monoisotopic (exact) mass is 219 g/mol. The molecule has 3 nitrogen and oxygen atoms in total. The van der Waals surface area contributed by atoms with Crippen molar-refractivity contribution in [3.05, 3.63) is 0 Å². The summed E-state index contributed by atoms with van der Waals surface area (Å²) in [5.74, 6) is 0. The summed E-state index contributed by atoms with van der Waals surface area (Å²) in [6.07, 6.45) is 1.92. The molecule has 4 heteroatoms. The molecule has 14 heavy (non-hydrogen) atoms. The summed E-state index contributed by atoms with van der Waals surface area (Å²) >= 11 is 5.27. The topological polar surface area (TPSA) is 29.5 Å². The Kier molecular flexibility index (Phi) is 4.85. The van der Waals surface area contributed by atoms with Crippen molar-refractivity contribution in [1.82, 2.24) is 4.90 Å². The Morgan fingerprint density at radius 1 is 1.43 bits per heavy atom. The maximum Gasteiger partial charge on any atom is 0.221 e. The minimum absolute atomic E-state index is 0.237. The van der Waals surface area contributed by atoms with Crippen LogP contribution in [0.25, 0.3) is 0 Å². The Labute approximate surface area is 90.4 Å². The van der Waals surface area contributed by atoms with Gasteiger partial charge in [0.05, 0.1) is 12.2 Å². The predicted molar refractivity (Wildman–Crippen MR) is 56.5 cm³/mol. The van der Waals surface area contributed by atoms with E-state index in [2.05, 4.69) is 18.7 Å². The average molecular weight is 220 g/mol. The number of ether oxygens (including phenoxy) is 1. The molecule has 1 aliphatic heterocycles. The molecule has 1 saturated heterocycles. The highest BCUT2D eigenvalue weighted by Gasteiger charge is 2.21. The molecule has 0 radical (unpaired) electrons. The van der Waals surface area contributed by atoms with E-state index in [4.69, 9.17) is 16.3 Å². The molecule has 0 saturated carbocycles. The lowest BCUT2D eigenvalue weighted by molar-refractivity contribution is -0.112. The molecule has 0 aromatic heterocycles. The highest BCUT2D eigenvalue weighted by molar-refractivity contribution is 6.63. The molecule has 1 heterocycles. The van der Waals surface area contributed by atoms with Crippen LogP contribution in [0.15, 0.2) is 0 Å². The van der Waals surface area contributed by atoms with E-state index in [0.717, 1.165) is 26.1 Å². The molecular weight excluding hydrogens is 202 g/mol. The van der Waals surface area contributed by atoms with Crippen LogP contribution in [0, 0.1) is 0 Å². The Hall–Kier alpha value is -0.120. The normalized spacial score (nSPS) is 29.1. The molecule has 0 aromatic carbocycles. The zero-order chi connectivity index (χ0) is 10.6. The fourth-order valence-corrected chi connectivity index (χ4v) is 2.04. The molecule has 0 aromatic rings. The van der Waals surface area contributed by atoms with Crippen LogP contribution in [0.1, 0.15) is 26.7 Å². The van der Waals surface area contributed by atoms with Gasteiger partial charge in [-0.15, -0.1) is 0 Å². The second-order valence-corrected chi connectivity index (χ2v) is 4.40. The van der Waals surface area contributed by atoms with E-state index in [1.165, 1.54) is 0 Å². The number of halogens is 1. The highest BCUT2D eigenvalue weighted by atomic mass is 35.5. The molecule has 0 bridgehead atoms. The first kappa shape index (κ1) is 12.0. The first-order valence-corrected chi connectivity index (χ1v) is 5.52. The van der Waals surface area contributed by atoms with Crippen molar-refractivity contribution in [2.45, 2.75) is 38.9 Å². The molecule has 0 amide bonds. The van der Waals surface area contributed by atoms with Crippen LogP contribution in [0.2, 0.25) is 0 Å². The van der Waals surface area contributed by atoms with Gasteiger partial charge in [0.2, 0.25) is 5.24 Å². The third kappa shape index (κ3) is 4.40. The Morgan fingerprint density at radius 3 is 2.50 bits per heavy atom. The van der Waals surface area contributed by atoms with Crippen molar-refractivity contribution in [2.75, 3.05) is 19.6 Å². The molecule has 0 aliphatic carbocycles. The van der Waals surface area contributed by atoms with E-state index in [9.17, 15) is 4.79 Å². The van der Waals surface area contributed by atoms with Gasteiger partial charge < -0.3 is 4.74 Å². The SMILES string of the molecule is CC1CN(CCCC(=O)Cl)CC(C)O1. The van der Waals surface area contributed by atoms with Gasteiger partial charge in [-0.3, -0.25) is 9.69 Å². The standard InChI is InChI=1S/C10H18ClNO2/c1-8-6-12(7-9(2)14-8)5-3-4-10(11)13/h8-9H,3-7H2,1-2H3. The zero-order valence-electron chi connectivity index (χ0n) is 8.83. The molecule has 2 atom stereocenters. The van der Waals surface area contributed by atoms with Crippen LogP contribution in [-0.2, 0) is 9.53 Å². The van der Waals surface area contributed by atoms with E-state index in [0.29, 0.717) is 18.6 Å². The predicted octanol–water partition coefficient (Wildman–Crippen LogP) is 1.64. The van der Waals surface area contributed by atoms with E-state index in [1.54, 1.807) is 0 Å². The molecular formula is C10H18ClNO2. The Morgan fingerprint density at radius 2 is 2.00 bits per heavy atom. The summed E-state index contributed by atoms with van der Waals surface area (Å²) in [6, 6.07) is 0. The maximum absolute atomic E-state index is 10.5. The minimum Gasteiger partial charge on any atom is -0.373 e. The summed E-state index contributed by atoms with van der Waals surface area (Å²) in [4.78, 5) is 12.9. The van der Waals surface area contributed by atoms with Crippen molar-refractivity contribution in [1.29, 1.82) is 0 Å². The van der Waals surface area contributed by atoms with Gasteiger partial charge in [-0.05, 0) is 38.4 Å². The summed E-state index contributed by atoms with van der Waals surface area (Å²) in [5, 5.41) is -0.237. The van der Waals surface area contributed by atoms with Crippen molar-refractivity contribution >= 4 is 16.8 Å². The second-order valence-electron chi connectivity index (χ2n) is 3.98. The highest BCUT2D eigenvalue weighted by Crippen LogP contribution is 2.11. The molecule has 1 rings (SSSR count). The number of carbonyl (C=O) groups is 1. The van der Waals surface area contributed by atoms with Crippen molar-refractivity contribution in [3.8, 4) is 0 Å². The minimum atomic E-state index is -0.237. The third-order valence-corrected chi connectivity index (χ3v) is 2.53. The average Bonchev–Trinajstić information content (AvgIpc) is 2.01. The lowest BCUT2D eigenvalue weighted by Gasteiger charge is -2.35. The molecule has 0 spiro atoms. The van der Waals surface area contributed by atoms with Gasteiger partial charge in [0.1, 0.15) is 0 Å². The van der Waals surface area contributed by atoms with Gasteiger partial charge in [-0.25, -0.2) is 0 Å². The molecule has 1 fully saturated rings. The summed E-state index contributed by atoms with van der Waals surface area (Å²) in [7, 11) is 0. The first-order chi connectivity index (χ1) is 6.58. The summed E-state index contributed by atoms with van der Waals surface area (Å²) in [6.45, 7) is 7.02. The van der Waals surface area contributed by atoms with E-state index < -0.39 is 0 Å². The van der Waals surface area contributed by atoms with Crippen LogP contribution in [0.5, 0.6) is 0 Å². The van der Waals surface area contributed by atoms with Crippen LogP contribution >= 0.6 is 11.6 Å². The number of hydrogen-bond donors (Lipinski definition) is 0. The van der Waals surface area contributed by atoms with Crippen molar-refractivity contribution < 1.29 is 9.53 Å². The largest absolute Gasteiger partial charge is 0.373 e. The lowest BCUT2D eigenvalue weighted by Crippen LogP contribution is -2.45. The smallest absolute Gasteiger partial charge is 0.221 e. The Balaban J connectivity index is 2.20. The van der Waals surface area contributed by atoms with Crippen molar-refractivity contribution in [2.24, 2.45) is 0 Å². The van der Waals surface area contributed by atoms with Crippen LogP contribution in [0.4, 0.5) is 0 Å². The number of rotatable bonds is 4. The van der Waals surface area contributed by atoms with Crippen LogP contribution < -0.4 is 0 Å². The summed E-state index contributed by atoms with van der Waals surface area (Å²) in [5.41, 5.74) is 0. The number of nitrogens with zero attached hydrogens (tertiary/aromatic N) is 1. The van der Waals surface area contributed by atoms with E-state index in [1.807, 2.05) is 0 Å². The number of hydrogen-bond acceptors (Lipinski definition) is 3. The second kappa shape index (κ2) is 5.69. The molecule has 1 aliphatic rings. The number of morpholine rings is 1. The molecule has 0 N–H and O–H groups in total. The quantitative estimate of drug-likeness (QED) is 0.674. The van der Waals surface area contributed by atoms with E-state index >= 15 is 0 Å². The summed E-state index contributed by atoms with van der Waals surface area (Å²) < 4.78 is 5.61. The lowest BCUT2D eigenvalue weighted by atomic mass is 10.2. The van der Waals surface area contributed by atoms with Crippen LogP contribution in [-0.4, -0.2) is 42.0 Å². The third-order valence-electron chi connectivity index (χ3n) is 2.34. The molecule has 82 valence electrons. The van der Waals surface area contributed by atoms with Gasteiger partial charge >= 0.3 is 0 Å². The first-order valence-electron chi connectivity index (χ1n) is 5.14. The zero-order valence-corrected chi connectivity index (χ0v) is 9.59. The van der Waals surface area contributed by atoms with Gasteiger partial charge in [0.15, 0.2) is 0 Å². The van der Waals surface area contributed by atoms with Gasteiger partial charge in [0, 0.05) is 19.5 Å². The van der Waals surface area contributed by atoms with Crippen LogP contribution in [0.3, 0.4) is 0 Å². The number of carbonyl (C=O) groups excluding carboxylic acids is 1. The molecule has 2 unspecified atom stereocenters.